The molecule has 140 valence electrons. The van der Waals surface area contributed by atoms with Crippen LogP contribution in [0.4, 0.5) is 0 Å². The first-order valence-electron chi connectivity index (χ1n) is 9.03. The van der Waals surface area contributed by atoms with Crippen LogP contribution in [0.2, 0.25) is 0 Å². The maximum atomic E-state index is 12.9. The third-order valence-corrected chi connectivity index (χ3v) is 4.80. The number of aromatic nitrogens is 3. The Labute approximate surface area is 154 Å². The van der Waals surface area contributed by atoms with Gasteiger partial charge in [0.1, 0.15) is 5.82 Å². The second-order valence-corrected chi connectivity index (χ2v) is 6.96. The molecular weight excluding hydrogens is 330 g/mol. The fourth-order valence-corrected chi connectivity index (χ4v) is 3.39. The quantitative estimate of drug-likeness (QED) is 0.790. The summed E-state index contributed by atoms with van der Waals surface area (Å²) in [4.78, 5) is 25.6. The molecule has 0 radical (unpaired) electrons. The number of likely N-dealkylation sites (tertiary alicyclic amines) is 1. The van der Waals surface area contributed by atoms with Crippen molar-refractivity contribution in [3.8, 4) is 5.88 Å². The first-order valence-corrected chi connectivity index (χ1v) is 9.03. The molecule has 2 aromatic heterocycles. The number of carbonyl (C=O) groups is 1. The van der Waals surface area contributed by atoms with Gasteiger partial charge in [-0.05, 0) is 33.0 Å². The molecule has 3 heterocycles. The fraction of sp³-hybridized carbons (Fsp3) is 0.526. The van der Waals surface area contributed by atoms with E-state index in [1.54, 1.807) is 25.4 Å². The molecule has 1 unspecified atom stereocenters. The molecule has 2 aromatic rings. The molecule has 0 bridgehead atoms. The van der Waals surface area contributed by atoms with Crippen molar-refractivity contribution in [3.63, 3.8) is 0 Å². The molecule has 0 aromatic carbocycles. The average molecular weight is 357 g/mol. The largest absolute Gasteiger partial charge is 0.481 e. The summed E-state index contributed by atoms with van der Waals surface area (Å²) in [7, 11) is 5.70. The summed E-state index contributed by atoms with van der Waals surface area (Å²) in [6.07, 6.45) is 7.55. The summed E-state index contributed by atoms with van der Waals surface area (Å²) in [6.45, 7) is 3.35. The molecule has 0 N–H and O–H groups in total. The molecule has 3 rings (SSSR count). The Bertz CT molecular complexity index is 743. The number of nitrogens with zero attached hydrogens (tertiary/aromatic N) is 5. The molecule has 0 spiro atoms. The highest BCUT2D eigenvalue weighted by Gasteiger charge is 2.28. The summed E-state index contributed by atoms with van der Waals surface area (Å²) in [6, 6.07) is 3.44. The van der Waals surface area contributed by atoms with Gasteiger partial charge in [0.15, 0.2) is 0 Å². The first kappa shape index (κ1) is 18.4. The van der Waals surface area contributed by atoms with E-state index in [0.717, 1.165) is 38.3 Å². The van der Waals surface area contributed by atoms with Gasteiger partial charge in [-0.2, -0.15) is 0 Å². The number of pyridine rings is 1. The van der Waals surface area contributed by atoms with Gasteiger partial charge in [-0.3, -0.25) is 4.79 Å². The van der Waals surface area contributed by atoms with Crippen LogP contribution < -0.4 is 4.74 Å². The first-order chi connectivity index (χ1) is 12.6. The molecule has 26 heavy (non-hydrogen) atoms. The minimum atomic E-state index is 0.0294. The van der Waals surface area contributed by atoms with Gasteiger partial charge in [0.05, 0.1) is 7.11 Å². The predicted octanol–water partition coefficient (Wildman–Crippen LogP) is 1.87. The fourth-order valence-electron chi connectivity index (χ4n) is 3.39. The molecule has 0 aliphatic carbocycles. The zero-order chi connectivity index (χ0) is 18.5. The molecule has 1 amide bonds. The van der Waals surface area contributed by atoms with E-state index >= 15 is 0 Å². The minimum absolute atomic E-state index is 0.0294. The Kier molecular flexibility index (Phi) is 5.88. The monoisotopic (exact) mass is 357 g/mol. The summed E-state index contributed by atoms with van der Waals surface area (Å²) < 4.78 is 7.35. The van der Waals surface area contributed by atoms with Crippen molar-refractivity contribution >= 4 is 5.91 Å². The van der Waals surface area contributed by atoms with Gasteiger partial charge in [0.25, 0.3) is 5.91 Å². The van der Waals surface area contributed by atoms with Crippen molar-refractivity contribution in [2.75, 3.05) is 40.8 Å². The maximum absolute atomic E-state index is 12.9. The van der Waals surface area contributed by atoms with Gasteiger partial charge in [0.2, 0.25) is 5.88 Å². The van der Waals surface area contributed by atoms with Crippen LogP contribution in [-0.2, 0) is 6.54 Å². The Morgan fingerprint density at radius 1 is 1.35 bits per heavy atom. The number of piperidine rings is 1. The van der Waals surface area contributed by atoms with E-state index in [-0.39, 0.29) is 11.8 Å². The summed E-state index contributed by atoms with van der Waals surface area (Å²) >= 11 is 0. The van der Waals surface area contributed by atoms with Crippen LogP contribution in [0.15, 0.2) is 30.7 Å². The van der Waals surface area contributed by atoms with Gasteiger partial charge in [-0.25, -0.2) is 9.97 Å². The smallest absolute Gasteiger partial charge is 0.254 e. The third kappa shape index (κ3) is 4.22. The number of rotatable bonds is 6. The number of amides is 1. The van der Waals surface area contributed by atoms with E-state index in [1.807, 2.05) is 17.3 Å². The molecular formula is C19H27N5O2. The summed E-state index contributed by atoms with van der Waals surface area (Å²) in [5, 5.41) is 0. The molecule has 7 heteroatoms. The van der Waals surface area contributed by atoms with Gasteiger partial charge in [-0.1, -0.05) is 0 Å². The number of hydrogen-bond donors (Lipinski definition) is 0. The van der Waals surface area contributed by atoms with E-state index in [9.17, 15) is 4.79 Å². The van der Waals surface area contributed by atoms with Crippen LogP contribution >= 0.6 is 0 Å². The number of carbonyl (C=O) groups excluding carboxylic acids is 1. The Morgan fingerprint density at radius 3 is 2.96 bits per heavy atom. The average Bonchev–Trinajstić information content (AvgIpc) is 3.14. The molecule has 7 nitrogen and oxygen atoms in total. The highest BCUT2D eigenvalue weighted by atomic mass is 16.5. The number of ether oxygens (including phenoxy) is 1. The maximum Gasteiger partial charge on any atom is 0.254 e. The number of hydrogen-bond acceptors (Lipinski definition) is 5. The molecule has 1 aliphatic heterocycles. The van der Waals surface area contributed by atoms with Gasteiger partial charge in [0, 0.05) is 62.3 Å². The predicted molar refractivity (Wildman–Crippen MR) is 99.4 cm³/mol. The van der Waals surface area contributed by atoms with E-state index in [4.69, 9.17) is 4.74 Å². The van der Waals surface area contributed by atoms with Gasteiger partial charge < -0.3 is 19.1 Å². The lowest BCUT2D eigenvalue weighted by Gasteiger charge is -2.33. The van der Waals surface area contributed by atoms with Crippen molar-refractivity contribution in [1.82, 2.24) is 24.3 Å². The van der Waals surface area contributed by atoms with Crippen molar-refractivity contribution in [2.24, 2.45) is 0 Å². The van der Waals surface area contributed by atoms with E-state index < -0.39 is 0 Å². The second-order valence-electron chi connectivity index (χ2n) is 6.96. The van der Waals surface area contributed by atoms with E-state index in [1.165, 1.54) is 0 Å². The molecule has 1 atom stereocenters. The molecule has 1 saturated heterocycles. The van der Waals surface area contributed by atoms with Crippen molar-refractivity contribution in [2.45, 2.75) is 25.3 Å². The summed E-state index contributed by atoms with van der Waals surface area (Å²) in [5.41, 5.74) is 0.619. The lowest BCUT2D eigenvalue weighted by atomic mass is 9.96. The van der Waals surface area contributed by atoms with Crippen molar-refractivity contribution in [3.05, 3.63) is 42.1 Å². The Morgan fingerprint density at radius 2 is 2.19 bits per heavy atom. The molecule has 1 aliphatic rings. The SMILES string of the molecule is COc1cc(C(=O)N2CCCC(c3nccn3CCN(C)C)C2)ccn1. The van der Waals surface area contributed by atoms with Crippen LogP contribution in [0.3, 0.4) is 0 Å². The zero-order valence-corrected chi connectivity index (χ0v) is 15.8. The topological polar surface area (TPSA) is 63.5 Å². The Hall–Kier alpha value is -2.41. The number of likely N-dealkylation sites (N-methyl/N-ethyl adjacent to an activating group) is 1. The van der Waals surface area contributed by atoms with Crippen LogP contribution in [-0.4, -0.2) is 71.1 Å². The van der Waals surface area contributed by atoms with Gasteiger partial charge in [-0.15, -0.1) is 0 Å². The highest BCUT2D eigenvalue weighted by Crippen LogP contribution is 2.27. The summed E-state index contributed by atoms with van der Waals surface area (Å²) in [5.74, 6) is 1.84. The van der Waals surface area contributed by atoms with Crippen LogP contribution in [0.1, 0.15) is 34.9 Å². The van der Waals surface area contributed by atoms with Crippen molar-refractivity contribution < 1.29 is 9.53 Å². The minimum Gasteiger partial charge on any atom is -0.481 e. The van der Waals surface area contributed by atoms with E-state index in [0.29, 0.717) is 18.0 Å². The zero-order valence-electron chi connectivity index (χ0n) is 15.8. The van der Waals surface area contributed by atoms with Crippen LogP contribution in [0.25, 0.3) is 0 Å². The number of methoxy groups -OCH3 is 1. The standard InChI is InChI=1S/C19H27N5O2/c1-22(2)11-12-23-10-8-21-18(23)16-5-4-9-24(14-16)19(25)15-6-7-20-17(13-15)26-3/h6-8,10,13,16H,4-5,9,11-12,14H2,1-3H3. The number of imidazole rings is 1. The van der Waals surface area contributed by atoms with E-state index in [2.05, 4.69) is 33.5 Å². The lowest BCUT2D eigenvalue weighted by molar-refractivity contribution is 0.0702. The highest BCUT2D eigenvalue weighted by molar-refractivity contribution is 5.94. The lowest BCUT2D eigenvalue weighted by Crippen LogP contribution is -2.40. The normalized spacial score (nSPS) is 17.5. The Balaban J connectivity index is 1.71. The molecule has 0 saturated carbocycles. The van der Waals surface area contributed by atoms with Crippen molar-refractivity contribution in [1.29, 1.82) is 0 Å². The van der Waals surface area contributed by atoms with Crippen LogP contribution in [0.5, 0.6) is 5.88 Å². The third-order valence-electron chi connectivity index (χ3n) is 4.80. The van der Waals surface area contributed by atoms with Gasteiger partial charge >= 0.3 is 0 Å². The second kappa shape index (κ2) is 8.31. The molecule has 1 fully saturated rings. The van der Waals surface area contributed by atoms with Crippen LogP contribution in [0, 0.1) is 0 Å².